The van der Waals surface area contributed by atoms with Gasteiger partial charge in [0.15, 0.2) is 0 Å². The van der Waals surface area contributed by atoms with Gasteiger partial charge in [0.05, 0.1) is 12.5 Å². The highest BCUT2D eigenvalue weighted by Gasteiger charge is 2.28. The first-order valence-electron chi connectivity index (χ1n) is 7.59. The molecule has 2 N–H and O–H groups in total. The number of carbonyl (C=O) groups is 1. The Morgan fingerprint density at radius 2 is 1.92 bits per heavy atom. The van der Waals surface area contributed by atoms with Crippen molar-refractivity contribution in [1.29, 1.82) is 0 Å². The monoisotopic (exact) mass is 369 g/mol. The number of carbonyl (C=O) groups excluding carboxylic acids is 1. The van der Waals surface area contributed by atoms with Gasteiger partial charge < -0.3 is 4.74 Å². The summed E-state index contributed by atoms with van der Waals surface area (Å²) in [7, 11) is 1.39. The minimum Gasteiger partial charge on any atom is -0.380 e. The molecule has 2 atom stereocenters. The van der Waals surface area contributed by atoms with Crippen LogP contribution >= 0.6 is 11.6 Å². The molecular formula is C18H18ClF2NO3. The molecule has 134 valence electrons. The minimum absolute atomic E-state index is 0.178. The second-order valence-electron chi connectivity index (χ2n) is 5.62. The topological polar surface area (TPSA) is 58.6 Å². The van der Waals surface area contributed by atoms with Crippen LogP contribution in [0.3, 0.4) is 0 Å². The summed E-state index contributed by atoms with van der Waals surface area (Å²) in [5.74, 6) is -2.63. The largest absolute Gasteiger partial charge is 0.380 e. The Morgan fingerprint density at radius 1 is 1.24 bits per heavy atom. The normalized spacial score (nSPS) is 13.3. The van der Waals surface area contributed by atoms with Crippen LogP contribution in [-0.4, -0.2) is 24.3 Å². The number of halogens is 3. The molecule has 4 nitrogen and oxygen atoms in total. The maximum Gasteiger partial charge on any atom is 0.245 e. The van der Waals surface area contributed by atoms with E-state index in [1.807, 2.05) is 0 Å². The Balaban J connectivity index is 2.38. The van der Waals surface area contributed by atoms with Gasteiger partial charge in [0.25, 0.3) is 0 Å². The number of ether oxygens (including phenoxy) is 1. The molecule has 7 heteroatoms. The van der Waals surface area contributed by atoms with E-state index in [-0.39, 0.29) is 12.0 Å². The molecule has 0 radical (unpaired) electrons. The lowest BCUT2D eigenvalue weighted by Crippen LogP contribution is -2.31. The fourth-order valence-electron chi connectivity index (χ4n) is 2.74. The molecule has 2 rings (SSSR count). The number of nitrogens with one attached hydrogen (secondary N) is 1. The lowest BCUT2D eigenvalue weighted by molar-refractivity contribution is -0.132. The Labute approximate surface area is 149 Å². The average molecular weight is 370 g/mol. The Morgan fingerprint density at radius 3 is 2.48 bits per heavy atom. The fraction of sp³-hybridized carbons (Fsp3) is 0.278. The number of benzene rings is 2. The molecular weight excluding hydrogens is 352 g/mol. The van der Waals surface area contributed by atoms with Crippen LogP contribution in [-0.2, 0) is 16.0 Å². The zero-order valence-corrected chi connectivity index (χ0v) is 14.3. The van der Waals surface area contributed by atoms with E-state index in [4.69, 9.17) is 21.5 Å². The minimum atomic E-state index is -0.720. The van der Waals surface area contributed by atoms with Crippen LogP contribution in [0.25, 0.3) is 0 Å². The number of hydrogen-bond acceptors (Lipinski definition) is 3. The molecule has 25 heavy (non-hydrogen) atoms. The summed E-state index contributed by atoms with van der Waals surface area (Å²) in [6, 6.07) is 10.3. The van der Waals surface area contributed by atoms with Crippen LogP contribution < -0.4 is 5.48 Å². The maximum absolute atomic E-state index is 14.3. The van der Waals surface area contributed by atoms with Crippen LogP contribution in [0.1, 0.15) is 23.5 Å². The second-order valence-corrected chi connectivity index (χ2v) is 6.05. The number of amides is 1. The van der Waals surface area contributed by atoms with E-state index in [0.717, 1.165) is 17.7 Å². The molecule has 0 spiro atoms. The van der Waals surface area contributed by atoms with Crippen LogP contribution in [0.4, 0.5) is 8.78 Å². The Kier molecular flexibility index (Phi) is 6.87. The van der Waals surface area contributed by atoms with Gasteiger partial charge in [0, 0.05) is 24.1 Å². The third-order valence-corrected chi connectivity index (χ3v) is 4.25. The Bertz CT molecular complexity index is 725. The van der Waals surface area contributed by atoms with Crippen molar-refractivity contribution < 1.29 is 23.5 Å². The molecule has 0 aliphatic heterocycles. The van der Waals surface area contributed by atoms with Crippen molar-refractivity contribution >= 4 is 17.5 Å². The molecule has 0 aromatic heterocycles. The van der Waals surface area contributed by atoms with Gasteiger partial charge in [0.1, 0.15) is 11.6 Å². The van der Waals surface area contributed by atoms with Crippen molar-refractivity contribution in [3.63, 3.8) is 0 Å². The Hall–Kier alpha value is -2.02. The lowest BCUT2D eigenvalue weighted by Gasteiger charge is -2.26. The maximum atomic E-state index is 14.3. The molecule has 0 fully saturated rings. The fourth-order valence-corrected chi connectivity index (χ4v) is 2.86. The van der Waals surface area contributed by atoms with E-state index < -0.39 is 29.6 Å². The van der Waals surface area contributed by atoms with Crippen molar-refractivity contribution in [2.24, 2.45) is 0 Å². The zero-order valence-electron chi connectivity index (χ0n) is 13.5. The van der Waals surface area contributed by atoms with Gasteiger partial charge >= 0.3 is 0 Å². The number of hydrogen-bond donors (Lipinski definition) is 2. The molecule has 0 saturated heterocycles. The summed E-state index contributed by atoms with van der Waals surface area (Å²) >= 11 is 5.88. The number of methoxy groups -OCH3 is 1. The van der Waals surface area contributed by atoms with Gasteiger partial charge in [-0.1, -0.05) is 29.8 Å². The van der Waals surface area contributed by atoms with Gasteiger partial charge in [-0.3, -0.25) is 10.0 Å². The van der Waals surface area contributed by atoms with Crippen molar-refractivity contribution in [2.45, 2.75) is 24.9 Å². The van der Waals surface area contributed by atoms with Crippen molar-refractivity contribution in [3.8, 4) is 0 Å². The molecule has 0 aliphatic rings. The van der Waals surface area contributed by atoms with Crippen molar-refractivity contribution in [1.82, 2.24) is 5.48 Å². The summed E-state index contributed by atoms with van der Waals surface area (Å²) in [5, 5.41) is 9.32. The predicted molar refractivity (Wildman–Crippen MR) is 89.6 cm³/mol. The van der Waals surface area contributed by atoms with Gasteiger partial charge in [-0.2, -0.15) is 0 Å². The van der Waals surface area contributed by atoms with Crippen LogP contribution in [0, 0.1) is 11.6 Å². The smallest absolute Gasteiger partial charge is 0.245 e. The lowest BCUT2D eigenvalue weighted by atomic mass is 9.85. The summed E-state index contributed by atoms with van der Waals surface area (Å²) in [4.78, 5) is 11.5. The summed E-state index contributed by atoms with van der Waals surface area (Å²) in [6.45, 7) is 0. The first kappa shape index (κ1) is 19.3. The van der Waals surface area contributed by atoms with Crippen LogP contribution in [0.5, 0.6) is 0 Å². The summed E-state index contributed by atoms with van der Waals surface area (Å²) in [6.07, 6.45) is -0.554. The molecule has 2 aromatic carbocycles. The number of rotatable bonds is 7. The van der Waals surface area contributed by atoms with Gasteiger partial charge in [0.2, 0.25) is 5.91 Å². The summed E-state index contributed by atoms with van der Waals surface area (Å²) in [5.41, 5.74) is 2.62. The van der Waals surface area contributed by atoms with Gasteiger partial charge in [-0.25, -0.2) is 14.3 Å². The first-order chi connectivity index (χ1) is 11.9. The third kappa shape index (κ3) is 5.22. The van der Waals surface area contributed by atoms with Crippen molar-refractivity contribution in [2.75, 3.05) is 7.11 Å². The van der Waals surface area contributed by atoms with Crippen molar-refractivity contribution in [3.05, 3.63) is 70.2 Å². The van der Waals surface area contributed by atoms with E-state index in [1.54, 1.807) is 29.7 Å². The molecule has 2 aromatic rings. The molecule has 0 aliphatic carbocycles. The quantitative estimate of drug-likeness (QED) is 0.575. The molecule has 1 unspecified atom stereocenters. The predicted octanol–water partition coefficient (Wildman–Crippen LogP) is 3.86. The third-order valence-electron chi connectivity index (χ3n) is 3.99. The molecule has 0 saturated carbocycles. The van der Waals surface area contributed by atoms with E-state index >= 15 is 0 Å². The molecule has 0 heterocycles. The molecule has 1 amide bonds. The highest BCUT2D eigenvalue weighted by molar-refractivity contribution is 6.30. The van der Waals surface area contributed by atoms with Gasteiger partial charge in [-0.15, -0.1) is 0 Å². The second kappa shape index (κ2) is 8.89. The highest BCUT2D eigenvalue weighted by atomic mass is 35.5. The highest BCUT2D eigenvalue weighted by Crippen LogP contribution is 2.30. The molecule has 0 bridgehead atoms. The SMILES string of the molecule is COC(CC(=O)NO)[C@H](Cc1ccc(Cl)cc1)c1ccc(F)cc1F. The van der Waals surface area contributed by atoms with Crippen LogP contribution in [0.2, 0.25) is 5.02 Å². The van der Waals surface area contributed by atoms with E-state index in [2.05, 4.69) is 0 Å². The van der Waals surface area contributed by atoms with E-state index in [1.165, 1.54) is 13.2 Å². The first-order valence-corrected chi connectivity index (χ1v) is 7.97. The summed E-state index contributed by atoms with van der Waals surface area (Å²) < 4.78 is 32.9. The zero-order chi connectivity index (χ0) is 18.4. The van der Waals surface area contributed by atoms with E-state index in [0.29, 0.717) is 11.4 Å². The van der Waals surface area contributed by atoms with Gasteiger partial charge in [-0.05, 0) is 35.7 Å². The van der Waals surface area contributed by atoms with E-state index in [9.17, 15) is 13.6 Å². The van der Waals surface area contributed by atoms with Crippen LogP contribution in [0.15, 0.2) is 42.5 Å². The number of hydroxylamine groups is 1. The standard InChI is InChI=1S/C18H18ClF2NO3/c1-25-17(10-18(23)22-24)15(8-11-2-4-12(19)5-3-11)14-7-6-13(20)9-16(14)21/h2-7,9,15,17,24H,8,10H2,1H3,(H,22,23)/t15-,17?/m1/s1. The average Bonchev–Trinajstić information content (AvgIpc) is 2.60.